The largest absolute Gasteiger partial charge is 0.480 e. The molecule has 3 rings (SSSR count). The van der Waals surface area contributed by atoms with Crippen molar-refractivity contribution < 1.29 is 9.90 Å². The lowest BCUT2D eigenvalue weighted by molar-refractivity contribution is -0.140. The zero-order valence-corrected chi connectivity index (χ0v) is 11.3. The van der Waals surface area contributed by atoms with Crippen molar-refractivity contribution in [3.8, 4) is 0 Å². The van der Waals surface area contributed by atoms with Crippen molar-refractivity contribution in [2.75, 3.05) is 0 Å². The molecule has 1 aliphatic rings. The molecule has 1 aliphatic carbocycles. The molecule has 0 spiro atoms. The van der Waals surface area contributed by atoms with E-state index in [9.17, 15) is 9.90 Å². The average molecular weight is 280 g/mol. The first-order chi connectivity index (χ1) is 9.11. The standard InChI is InChI=1S/C13H14ClN3O2/c1-2-10(13(18)19)17-11(7-3-4-7)16-9-5-8(14)6-15-12(9)17/h5-7,10H,2-4H2,1H3,(H,18,19). The molecular formula is C13H14ClN3O2. The Morgan fingerprint density at radius 1 is 1.63 bits per heavy atom. The summed E-state index contributed by atoms with van der Waals surface area (Å²) < 4.78 is 1.77. The van der Waals surface area contributed by atoms with Gasteiger partial charge in [0, 0.05) is 12.1 Å². The average Bonchev–Trinajstić information content (AvgIpc) is 3.13. The molecule has 1 N–H and O–H groups in total. The van der Waals surface area contributed by atoms with E-state index in [2.05, 4.69) is 9.97 Å². The third-order valence-electron chi connectivity index (χ3n) is 3.45. The Bertz CT molecular complexity index is 649. The number of aromatic nitrogens is 3. The maximum absolute atomic E-state index is 11.4. The lowest BCUT2D eigenvalue weighted by Gasteiger charge is -2.15. The molecule has 2 aromatic heterocycles. The summed E-state index contributed by atoms with van der Waals surface area (Å²) in [6, 6.07) is 1.12. The number of hydrogen-bond donors (Lipinski definition) is 1. The molecule has 1 unspecified atom stereocenters. The highest BCUT2D eigenvalue weighted by Crippen LogP contribution is 2.42. The molecule has 19 heavy (non-hydrogen) atoms. The highest BCUT2D eigenvalue weighted by Gasteiger charge is 2.33. The quantitative estimate of drug-likeness (QED) is 0.934. The third kappa shape index (κ3) is 2.08. The fourth-order valence-electron chi connectivity index (χ4n) is 2.38. The fourth-order valence-corrected chi connectivity index (χ4v) is 2.53. The zero-order valence-electron chi connectivity index (χ0n) is 10.5. The molecule has 0 aliphatic heterocycles. The van der Waals surface area contributed by atoms with Crippen LogP contribution in [0.15, 0.2) is 12.3 Å². The molecule has 1 atom stereocenters. The number of rotatable bonds is 4. The second-order valence-corrected chi connectivity index (χ2v) is 5.31. The summed E-state index contributed by atoms with van der Waals surface area (Å²) >= 11 is 5.92. The van der Waals surface area contributed by atoms with Crippen LogP contribution in [0.4, 0.5) is 0 Å². The van der Waals surface area contributed by atoms with Gasteiger partial charge in [0.15, 0.2) is 5.65 Å². The van der Waals surface area contributed by atoms with Crippen LogP contribution in [0.25, 0.3) is 11.2 Å². The number of nitrogens with zero attached hydrogens (tertiary/aromatic N) is 3. The Balaban J connectivity index is 2.24. The van der Waals surface area contributed by atoms with Crippen LogP contribution in [0.3, 0.4) is 0 Å². The van der Waals surface area contributed by atoms with Crippen LogP contribution in [0.5, 0.6) is 0 Å². The van der Waals surface area contributed by atoms with Gasteiger partial charge in [-0.2, -0.15) is 0 Å². The van der Waals surface area contributed by atoms with Gasteiger partial charge < -0.3 is 5.11 Å². The minimum atomic E-state index is -0.847. The van der Waals surface area contributed by atoms with E-state index in [1.165, 1.54) is 6.20 Å². The van der Waals surface area contributed by atoms with Gasteiger partial charge in [-0.15, -0.1) is 0 Å². The highest BCUT2D eigenvalue weighted by atomic mass is 35.5. The van der Waals surface area contributed by atoms with E-state index in [4.69, 9.17) is 11.6 Å². The molecule has 2 aromatic rings. The van der Waals surface area contributed by atoms with Gasteiger partial charge >= 0.3 is 5.97 Å². The first-order valence-electron chi connectivity index (χ1n) is 6.38. The van der Waals surface area contributed by atoms with Crippen molar-refractivity contribution >= 4 is 28.7 Å². The van der Waals surface area contributed by atoms with E-state index in [1.807, 2.05) is 6.92 Å². The van der Waals surface area contributed by atoms with Gasteiger partial charge in [-0.05, 0) is 25.3 Å². The first kappa shape index (κ1) is 12.4. The van der Waals surface area contributed by atoms with Crippen LogP contribution >= 0.6 is 11.6 Å². The minimum absolute atomic E-state index is 0.362. The van der Waals surface area contributed by atoms with Crippen LogP contribution in [0, 0.1) is 0 Å². The number of fused-ring (bicyclic) bond motifs is 1. The van der Waals surface area contributed by atoms with Crippen LogP contribution in [-0.2, 0) is 4.79 Å². The molecule has 5 nitrogen and oxygen atoms in total. The van der Waals surface area contributed by atoms with Gasteiger partial charge in [0.05, 0.1) is 5.02 Å². The molecule has 0 amide bonds. The Kier molecular flexibility index (Phi) is 2.93. The van der Waals surface area contributed by atoms with E-state index in [0.717, 1.165) is 18.7 Å². The Morgan fingerprint density at radius 3 is 2.95 bits per heavy atom. The van der Waals surface area contributed by atoms with Crippen LogP contribution in [0.2, 0.25) is 5.02 Å². The normalized spacial score (nSPS) is 16.7. The fraction of sp³-hybridized carbons (Fsp3) is 0.462. The third-order valence-corrected chi connectivity index (χ3v) is 3.66. The molecule has 0 radical (unpaired) electrons. The van der Waals surface area contributed by atoms with Crippen molar-refractivity contribution in [3.05, 3.63) is 23.1 Å². The van der Waals surface area contributed by atoms with E-state index in [-0.39, 0.29) is 0 Å². The van der Waals surface area contributed by atoms with E-state index in [0.29, 0.717) is 28.5 Å². The van der Waals surface area contributed by atoms with Crippen molar-refractivity contribution in [1.82, 2.24) is 14.5 Å². The number of aliphatic carboxylic acids is 1. The highest BCUT2D eigenvalue weighted by molar-refractivity contribution is 6.31. The van der Waals surface area contributed by atoms with Gasteiger partial charge in [-0.3, -0.25) is 4.57 Å². The lowest BCUT2D eigenvalue weighted by atomic mass is 10.2. The second-order valence-electron chi connectivity index (χ2n) is 4.87. The minimum Gasteiger partial charge on any atom is -0.480 e. The Labute approximate surface area is 115 Å². The van der Waals surface area contributed by atoms with Crippen molar-refractivity contribution in [1.29, 1.82) is 0 Å². The number of halogens is 1. The maximum Gasteiger partial charge on any atom is 0.326 e. The Morgan fingerprint density at radius 2 is 2.37 bits per heavy atom. The number of carboxylic acid groups (broad SMARTS) is 1. The monoisotopic (exact) mass is 279 g/mol. The van der Waals surface area contributed by atoms with Gasteiger partial charge in [0.2, 0.25) is 0 Å². The summed E-state index contributed by atoms with van der Waals surface area (Å²) in [5, 5.41) is 9.90. The number of pyridine rings is 1. The predicted octanol–water partition coefficient (Wildman–Crippen LogP) is 3.00. The van der Waals surface area contributed by atoms with Gasteiger partial charge in [-0.1, -0.05) is 18.5 Å². The summed E-state index contributed by atoms with van der Waals surface area (Å²) in [6.45, 7) is 1.86. The van der Waals surface area contributed by atoms with E-state index in [1.54, 1.807) is 10.6 Å². The van der Waals surface area contributed by atoms with E-state index >= 15 is 0 Å². The molecule has 0 saturated heterocycles. The molecule has 0 aromatic carbocycles. The Hall–Kier alpha value is -1.62. The van der Waals surface area contributed by atoms with Crippen molar-refractivity contribution in [2.24, 2.45) is 0 Å². The van der Waals surface area contributed by atoms with Crippen LogP contribution in [-0.4, -0.2) is 25.6 Å². The van der Waals surface area contributed by atoms with Gasteiger partial charge in [0.1, 0.15) is 17.4 Å². The smallest absolute Gasteiger partial charge is 0.326 e. The SMILES string of the molecule is CCC(C(=O)O)n1c(C2CC2)nc2cc(Cl)cnc21. The van der Waals surface area contributed by atoms with E-state index < -0.39 is 12.0 Å². The number of carbonyl (C=O) groups is 1. The van der Waals surface area contributed by atoms with Crippen LogP contribution in [0.1, 0.15) is 44.0 Å². The molecule has 100 valence electrons. The molecular weight excluding hydrogens is 266 g/mol. The zero-order chi connectivity index (χ0) is 13.6. The molecule has 1 saturated carbocycles. The number of carboxylic acids is 1. The summed E-state index contributed by atoms with van der Waals surface area (Å²) in [5.41, 5.74) is 1.29. The summed E-state index contributed by atoms with van der Waals surface area (Å²) in [4.78, 5) is 20.2. The molecule has 2 heterocycles. The lowest BCUT2D eigenvalue weighted by Crippen LogP contribution is -2.20. The number of hydrogen-bond acceptors (Lipinski definition) is 3. The van der Waals surface area contributed by atoms with Crippen molar-refractivity contribution in [3.63, 3.8) is 0 Å². The second kappa shape index (κ2) is 4.49. The van der Waals surface area contributed by atoms with Gasteiger partial charge in [0.25, 0.3) is 0 Å². The summed E-state index contributed by atoms with van der Waals surface area (Å²) in [7, 11) is 0. The maximum atomic E-state index is 11.4. The topological polar surface area (TPSA) is 68.0 Å². The predicted molar refractivity (Wildman–Crippen MR) is 71.5 cm³/mol. The van der Waals surface area contributed by atoms with Crippen LogP contribution < -0.4 is 0 Å². The summed E-state index contributed by atoms with van der Waals surface area (Å²) in [6.07, 6.45) is 4.17. The molecule has 0 bridgehead atoms. The molecule has 1 fully saturated rings. The summed E-state index contributed by atoms with van der Waals surface area (Å²) in [5.74, 6) is 0.348. The molecule has 6 heteroatoms. The van der Waals surface area contributed by atoms with Gasteiger partial charge in [-0.25, -0.2) is 14.8 Å². The first-order valence-corrected chi connectivity index (χ1v) is 6.75. The van der Waals surface area contributed by atoms with Crippen molar-refractivity contribution in [2.45, 2.75) is 38.1 Å². The number of imidazole rings is 1.